The summed E-state index contributed by atoms with van der Waals surface area (Å²) < 4.78 is 37.5. The van der Waals surface area contributed by atoms with Crippen LogP contribution in [0.1, 0.15) is 37.7 Å². The molecular weight excluding hydrogens is 241 g/mol. The third-order valence-electron chi connectivity index (χ3n) is 3.38. The maximum Gasteiger partial charge on any atom is 0.416 e. The summed E-state index contributed by atoms with van der Waals surface area (Å²) in [6, 6.07) is 2.06. The average molecular weight is 258 g/mol. The molecule has 2 nitrogen and oxygen atoms in total. The van der Waals surface area contributed by atoms with E-state index in [0.717, 1.165) is 25.0 Å². The van der Waals surface area contributed by atoms with Crippen LogP contribution in [0.2, 0.25) is 0 Å². The molecule has 0 aliphatic heterocycles. The smallest absolute Gasteiger partial charge is 0.370 e. The summed E-state index contributed by atoms with van der Waals surface area (Å²) in [5.74, 6) is 0.880. The van der Waals surface area contributed by atoms with Gasteiger partial charge in [-0.2, -0.15) is 13.2 Å². The van der Waals surface area contributed by atoms with Crippen LogP contribution < -0.4 is 5.32 Å². The van der Waals surface area contributed by atoms with Crippen LogP contribution in [0.25, 0.3) is 0 Å². The van der Waals surface area contributed by atoms with Gasteiger partial charge in [-0.05, 0) is 30.9 Å². The number of hydrogen-bond acceptors (Lipinski definition) is 2. The fourth-order valence-electron chi connectivity index (χ4n) is 2.34. The number of nitrogens with one attached hydrogen (secondary N) is 1. The van der Waals surface area contributed by atoms with E-state index in [4.69, 9.17) is 0 Å². The molecule has 0 unspecified atom stereocenters. The van der Waals surface area contributed by atoms with Crippen LogP contribution in [-0.4, -0.2) is 11.5 Å². The van der Waals surface area contributed by atoms with Gasteiger partial charge >= 0.3 is 6.18 Å². The topological polar surface area (TPSA) is 24.9 Å². The quantitative estimate of drug-likeness (QED) is 0.883. The van der Waals surface area contributed by atoms with Crippen molar-refractivity contribution >= 4 is 5.82 Å². The summed E-state index contributed by atoms with van der Waals surface area (Å²) in [4.78, 5) is 3.93. The second-order valence-corrected chi connectivity index (χ2v) is 4.81. The Bertz CT molecular complexity index is 384. The first-order chi connectivity index (χ1) is 8.55. The number of nitrogens with zero attached hydrogens (tertiary/aromatic N) is 1. The van der Waals surface area contributed by atoms with Gasteiger partial charge in [0.25, 0.3) is 0 Å². The molecule has 1 saturated carbocycles. The molecule has 1 fully saturated rings. The van der Waals surface area contributed by atoms with Gasteiger partial charge in [-0.3, -0.25) is 0 Å². The average Bonchev–Trinajstić information content (AvgIpc) is 2.37. The van der Waals surface area contributed by atoms with Crippen molar-refractivity contribution in [1.29, 1.82) is 0 Å². The third kappa shape index (κ3) is 3.62. The second kappa shape index (κ2) is 5.59. The Morgan fingerprint density at radius 3 is 2.61 bits per heavy atom. The van der Waals surface area contributed by atoms with E-state index >= 15 is 0 Å². The molecular formula is C13H17F3N2. The van der Waals surface area contributed by atoms with Crippen molar-refractivity contribution in [1.82, 2.24) is 4.98 Å². The van der Waals surface area contributed by atoms with E-state index in [0.29, 0.717) is 18.3 Å². The highest BCUT2D eigenvalue weighted by atomic mass is 19.4. The minimum absolute atomic E-state index is 0.315. The van der Waals surface area contributed by atoms with Crippen molar-refractivity contribution in [3.63, 3.8) is 0 Å². The first kappa shape index (κ1) is 13.2. The van der Waals surface area contributed by atoms with E-state index in [-0.39, 0.29) is 0 Å². The molecule has 0 bridgehead atoms. The van der Waals surface area contributed by atoms with E-state index < -0.39 is 11.7 Å². The van der Waals surface area contributed by atoms with Crippen LogP contribution in [0.15, 0.2) is 18.3 Å². The standard InChI is InChI=1S/C13H17F3N2/c14-13(15,16)11-6-7-17-12(8-11)18-9-10-4-2-1-3-5-10/h6-8,10H,1-5,9H2,(H,17,18). The van der Waals surface area contributed by atoms with E-state index in [1.54, 1.807) is 0 Å². The molecule has 0 saturated heterocycles. The van der Waals surface area contributed by atoms with Gasteiger partial charge in [0.15, 0.2) is 0 Å². The van der Waals surface area contributed by atoms with Crippen molar-refractivity contribution in [2.24, 2.45) is 5.92 Å². The minimum atomic E-state index is -4.30. The molecule has 1 aromatic rings. The van der Waals surface area contributed by atoms with Crippen LogP contribution >= 0.6 is 0 Å². The van der Waals surface area contributed by atoms with Gasteiger partial charge in [0.2, 0.25) is 0 Å². The highest BCUT2D eigenvalue weighted by molar-refractivity contribution is 5.38. The Balaban J connectivity index is 1.92. The lowest BCUT2D eigenvalue weighted by Gasteiger charge is -2.22. The number of pyridine rings is 1. The maximum atomic E-state index is 12.5. The third-order valence-corrected chi connectivity index (χ3v) is 3.38. The molecule has 1 N–H and O–H groups in total. The summed E-state index contributed by atoms with van der Waals surface area (Å²) in [6.45, 7) is 0.717. The molecule has 0 atom stereocenters. The predicted molar refractivity (Wildman–Crippen MR) is 64.3 cm³/mol. The molecule has 0 amide bonds. The molecule has 0 radical (unpaired) electrons. The van der Waals surface area contributed by atoms with Gasteiger partial charge in [0, 0.05) is 12.7 Å². The van der Waals surface area contributed by atoms with Gasteiger partial charge in [-0.25, -0.2) is 4.98 Å². The summed E-state index contributed by atoms with van der Waals surface area (Å²) in [7, 11) is 0. The molecule has 2 rings (SSSR count). The van der Waals surface area contributed by atoms with Gasteiger partial charge in [0.05, 0.1) is 5.56 Å². The lowest BCUT2D eigenvalue weighted by Crippen LogP contribution is -2.18. The second-order valence-electron chi connectivity index (χ2n) is 4.81. The van der Waals surface area contributed by atoms with Gasteiger partial charge in [0.1, 0.15) is 5.82 Å². The first-order valence-electron chi connectivity index (χ1n) is 6.33. The SMILES string of the molecule is FC(F)(F)c1ccnc(NCC2CCCCC2)c1. The van der Waals surface area contributed by atoms with Crippen LogP contribution in [0, 0.1) is 5.92 Å². The molecule has 1 aliphatic carbocycles. The summed E-state index contributed by atoms with van der Waals surface area (Å²) >= 11 is 0. The Labute approximate surface area is 105 Å². The van der Waals surface area contributed by atoms with Crippen LogP contribution in [0.3, 0.4) is 0 Å². The fourth-order valence-corrected chi connectivity index (χ4v) is 2.34. The van der Waals surface area contributed by atoms with Crippen molar-refractivity contribution in [2.45, 2.75) is 38.3 Å². The number of aromatic nitrogens is 1. The first-order valence-corrected chi connectivity index (χ1v) is 6.33. The molecule has 1 heterocycles. The van der Waals surface area contributed by atoms with Crippen LogP contribution in [0.4, 0.5) is 19.0 Å². The zero-order valence-electron chi connectivity index (χ0n) is 10.1. The van der Waals surface area contributed by atoms with E-state index in [9.17, 15) is 13.2 Å². The number of hydrogen-bond donors (Lipinski definition) is 1. The molecule has 0 spiro atoms. The lowest BCUT2D eigenvalue weighted by atomic mass is 9.89. The Hall–Kier alpha value is -1.26. The van der Waals surface area contributed by atoms with Gasteiger partial charge in [-0.1, -0.05) is 19.3 Å². The zero-order chi connectivity index (χ0) is 13.0. The highest BCUT2D eigenvalue weighted by Crippen LogP contribution is 2.30. The normalized spacial score (nSPS) is 17.7. The Morgan fingerprint density at radius 1 is 1.22 bits per heavy atom. The van der Waals surface area contributed by atoms with Crippen LogP contribution in [-0.2, 0) is 6.18 Å². The molecule has 0 aromatic carbocycles. The van der Waals surface area contributed by atoms with E-state index in [1.807, 2.05) is 0 Å². The molecule has 5 heteroatoms. The molecule has 1 aromatic heterocycles. The lowest BCUT2D eigenvalue weighted by molar-refractivity contribution is -0.137. The Morgan fingerprint density at radius 2 is 1.94 bits per heavy atom. The van der Waals surface area contributed by atoms with E-state index in [1.165, 1.54) is 25.5 Å². The highest BCUT2D eigenvalue weighted by Gasteiger charge is 2.30. The van der Waals surface area contributed by atoms with Crippen molar-refractivity contribution in [3.05, 3.63) is 23.9 Å². The number of halogens is 3. The number of anilines is 1. The summed E-state index contributed by atoms with van der Waals surface area (Å²) in [5.41, 5.74) is -0.649. The Kier molecular flexibility index (Phi) is 4.09. The molecule has 100 valence electrons. The van der Waals surface area contributed by atoms with Crippen molar-refractivity contribution in [3.8, 4) is 0 Å². The monoisotopic (exact) mass is 258 g/mol. The maximum absolute atomic E-state index is 12.5. The summed E-state index contributed by atoms with van der Waals surface area (Å²) in [5, 5.41) is 3.02. The number of alkyl halides is 3. The van der Waals surface area contributed by atoms with Crippen molar-refractivity contribution < 1.29 is 13.2 Å². The predicted octanol–water partition coefficient (Wildman–Crippen LogP) is 4.09. The van der Waals surface area contributed by atoms with Gasteiger partial charge < -0.3 is 5.32 Å². The van der Waals surface area contributed by atoms with E-state index in [2.05, 4.69) is 10.3 Å². The van der Waals surface area contributed by atoms with Crippen LogP contribution in [0.5, 0.6) is 0 Å². The molecule has 1 aliphatic rings. The van der Waals surface area contributed by atoms with Crippen molar-refractivity contribution in [2.75, 3.05) is 11.9 Å². The van der Waals surface area contributed by atoms with Gasteiger partial charge in [-0.15, -0.1) is 0 Å². The fraction of sp³-hybridized carbons (Fsp3) is 0.615. The summed E-state index contributed by atoms with van der Waals surface area (Å²) in [6.07, 6.45) is 2.94. The number of rotatable bonds is 3. The largest absolute Gasteiger partial charge is 0.416 e. The minimum Gasteiger partial charge on any atom is -0.370 e. The molecule has 18 heavy (non-hydrogen) atoms. The zero-order valence-corrected chi connectivity index (χ0v) is 10.1.